The number of fused-ring (bicyclic) bond motifs is 1. The van der Waals surface area contributed by atoms with Crippen molar-refractivity contribution in [2.75, 3.05) is 0 Å². The van der Waals surface area contributed by atoms with Crippen molar-refractivity contribution in [2.24, 2.45) is 5.73 Å². The van der Waals surface area contributed by atoms with E-state index in [1.807, 2.05) is 18.3 Å². The van der Waals surface area contributed by atoms with Gasteiger partial charge in [-0.05, 0) is 18.9 Å². The maximum absolute atomic E-state index is 6.11. The van der Waals surface area contributed by atoms with Crippen LogP contribution in [0.4, 0.5) is 0 Å². The second kappa shape index (κ2) is 5.78. The van der Waals surface area contributed by atoms with Gasteiger partial charge >= 0.3 is 0 Å². The number of allylic oxidation sites excluding steroid dienone is 3. The minimum absolute atomic E-state index is 0.811. The molecule has 0 radical (unpaired) electrons. The summed E-state index contributed by atoms with van der Waals surface area (Å²) in [5.41, 5.74) is 8.95. The van der Waals surface area contributed by atoms with E-state index in [0.717, 1.165) is 39.3 Å². The van der Waals surface area contributed by atoms with E-state index in [1.165, 1.54) is 0 Å². The summed E-state index contributed by atoms with van der Waals surface area (Å²) in [5, 5.41) is 0.974. The summed E-state index contributed by atoms with van der Waals surface area (Å²) in [6.45, 7) is 4.19. The maximum Gasteiger partial charge on any atom is 0.126 e. The van der Waals surface area contributed by atoms with E-state index in [-0.39, 0.29) is 0 Å². The first kappa shape index (κ1) is 12.8. The Kier molecular flexibility index (Phi) is 4.10. The molecule has 2 rings (SSSR count). The molecule has 2 N–H and O–H groups in total. The van der Waals surface area contributed by atoms with E-state index in [0.29, 0.717) is 0 Å². The first-order valence-electron chi connectivity index (χ1n) is 6.13. The van der Waals surface area contributed by atoms with Crippen LogP contribution in [-0.4, -0.2) is 9.97 Å². The van der Waals surface area contributed by atoms with Crippen LogP contribution in [0.25, 0.3) is 15.8 Å². The zero-order valence-electron chi connectivity index (χ0n) is 10.7. The smallest absolute Gasteiger partial charge is 0.126 e. The second-order valence-corrected chi connectivity index (χ2v) is 4.99. The second-order valence-electron chi connectivity index (χ2n) is 3.96. The molecule has 94 valence electrons. The fraction of sp³-hybridized carbons (Fsp3) is 0.286. The molecule has 0 atom stereocenters. The van der Waals surface area contributed by atoms with E-state index in [2.05, 4.69) is 29.9 Å². The van der Waals surface area contributed by atoms with Gasteiger partial charge in [-0.25, -0.2) is 4.98 Å². The van der Waals surface area contributed by atoms with E-state index in [9.17, 15) is 0 Å². The lowest BCUT2D eigenvalue weighted by Gasteiger charge is -2.03. The van der Waals surface area contributed by atoms with Crippen LogP contribution >= 0.6 is 11.3 Å². The molecule has 0 saturated heterocycles. The third kappa shape index (κ3) is 2.59. The first-order valence-corrected chi connectivity index (χ1v) is 6.95. The molecule has 0 aromatic carbocycles. The summed E-state index contributed by atoms with van der Waals surface area (Å²) < 4.78 is 1.10. The van der Waals surface area contributed by atoms with Crippen LogP contribution in [0.5, 0.6) is 0 Å². The van der Waals surface area contributed by atoms with Gasteiger partial charge in [0.2, 0.25) is 0 Å². The van der Waals surface area contributed by atoms with Crippen molar-refractivity contribution in [1.82, 2.24) is 9.97 Å². The van der Waals surface area contributed by atoms with Crippen molar-refractivity contribution < 1.29 is 0 Å². The Bertz CT molecular complexity index is 563. The normalized spacial score (nSPS) is 13.2. The molecule has 2 heterocycles. The van der Waals surface area contributed by atoms with E-state index >= 15 is 0 Å². The highest BCUT2D eigenvalue weighted by molar-refractivity contribution is 7.19. The number of pyridine rings is 1. The van der Waals surface area contributed by atoms with Gasteiger partial charge in [0.15, 0.2) is 0 Å². The topological polar surface area (TPSA) is 51.8 Å². The third-order valence-electron chi connectivity index (χ3n) is 2.57. The van der Waals surface area contributed by atoms with E-state index in [4.69, 9.17) is 5.73 Å². The van der Waals surface area contributed by atoms with Crippen LogP contribution in [0.3, 0.4) is 0 Å². The van der Waals surface area contributed by atoms with Gasteiger partial charge in [-0.3, -0.25) is 4.98 Å². The van der Waals surface area contributed by atoms with Gasteiger partial charge < -0.3 is 5.73 Å². The van der Waals surface area contributed by atoms with Crippen LogP contribution in [0.15, 0.2) is 36.3 Å². The number of hydrogen-bond acceptors (Lipinski definition) is 4. The quantitative estimate of drug-likeness (QED) is 0.851. The summed E-state index contributed by atoms with van der Waals surface area (Å²) in [5.74, 6) is 0. The molecule has 0 amide bonds. The van der Waals surface area contributed by atoms with E-state index < -0.39 is 0 Å². The monoisotopic (exact) mass is 259 g/mol. The van der Waals surface area contributed by atoms with Gasteiger partial charge in [0.1, 0.15) is 5.01 Å². The molecule has 0 spiro atoms. The van der Waals surface area contributed by atoms with Crippen LogP contribution in [0.2, 0.25) is 0 Å². The Labute approximate surface area is 111 Å². The fourth-order valence-electron chi connectivity index (χ4n) is 1.76. The third-order valence-corrected chi connectivity index (χ3v) is 3.60. The lowest BCUT2D eigenvalue weighted by Crippen LogP contribution is -2.00. The fourth-order valence-corrected chi connectivity index (χ4v) is 2.75. The minimum Gasteiger partial charge on any atom is -0.398 e. The number of nitrogens with two attached hydrogens (primary N) is 1. The highest BCUT2D eigenvalue weighted by Crippen LogP contribution is 2.29. The molecular weight excluding hydrogens is 242 g/mol. The SMILES string of the molecule is CC/C=C(N)\C(=C/CC)c1nc2ccncc2s1. The molecule has 0 aliphatic heterocycles. The summed E-state index contributed by atoms with van der Waals surface area (Å²) in [4.78, 5) is 8.74. The Hall–Kier alpha value is -1.68. The lowest BCUT2D eigenvalue weighted by molar-refractivity contribution is 1.17. The molecule has 0 bridgehead atoms. The molecule has 2 aromatic rings. The molecule has 4 heteroatoms. The number of hydrogen-bond donors (Lipinski definition) is 1. The predicted molar refractivity (Wildman–Crippen MR) is 78.2 cm³/mol. The van der Waals surface area contributed by atoms with Gasteiger partial charge in [0.05, 0.1) is 10.2 Å². The molecule has 0 unspecified atom stereocenters. The van der Waals surface area contributed by atoms with E-state index in [1.54, 1.807) is 17.5 Å². The highest BCUT2D eigenvalue weighted by Gasteiger charge is 2.10. The average molecular weight is 259 g/mol. The minimum atomic E-state index is 0.811. The van der Waals surface area contributed by atoms with Gasteiger partial charge in [-0.1, -0.05) is 26.0 Å². The Morgan fingerprint density at radius 1 is 1.33 bits per heavy atom. The van der Waals surface area contributed by atoms with Gasteiger partial charge in [-0.2, -0.15) is 0 Å². The number of nitrogens with zero attached hydrogens (tertiary/aromatic N) is 2. The van der Waals surface area contributed by atoms with Crippen LogP contribution in [-0.2, 0) is 0 Å². The molecular formula is C14H17N3S. The zero-order valence-corrected chi connectivity index (χ0v) is 11.5. The average Bonchev–Trinajstić information content (AvgIpc) is 2.79. The van der Waals surface area contributed by atoms with Crippen LogP contribution in [0.1, 0.15) is 31.7 Å². The largest absolute Gasteiger partial charge is 0.398 e. The van der Waals surface area contributed by atoms with Crippen LogP contribution in [0, 0.1) is 0 Å². The standard InChI is InChI=1S/C14H17N3S/c1-3-5-10(11(15)6-4-2)14-17-12-7-8-16-9-13(12)18-14/h5-9H,3-4,15H2,1-2H3/b10-5+,11-6+. The summed E-state index contributed by atoms with van der Waals surface area (Å²) in [6.07, 6.45) is 9.65. The maximum atomic E-state index is 6.11. The van der Waals surface area contributed by atoms with Crippen molar-refractivity contribution in [2.45, 2.75) is 26.7 Å². The highest BCUT2D eigenvalue weighted by atomic mass is 32.1. The Balaban J connectivity index is 2.49. The summed E-state index contributed by atoms with van der Waals surface area (Å²) in [7, 11) is 0. The number of aromatic nitrogens is 2. The number of thiazole rings is 1. The van der Waals surface area contributed by atoms with Crippen LogP contribution < -0.4 is 5.73 Å². The molecule has 0 fully saturated rings. The Morgan fingerprint density at radius 3 is 2.78 bits per heavy atom. The van der Waals surface area contributed by atoms with Crippen molar-refractivity contribution in [3.8, 4) is 0 Å². The van der Waals surface area contributed by atoms with Crippen molar-refractivity contribution >= 4 is 27.1 Å². The number of rotatable bonds is 4. The van der Waals surface area contributed by atoms with Gasteiger partial charge in [0.25, 0.3) is 0 Å². The molecule has 0 saturated carbocycles. The Morgan fingerprint density at radius 2 is 2.11 bits per heavy atom. The molecule has 18 heavy (non-hydrogen) atoms. The molecule has 0 aliphatic rings. The lowest BCUT2D eigenvalue weighted by atomic mass is 10.1. The molecule has 3 nitrogen and oxygen atoms in total. The van der Waals surface area contributed by atoms with Crippen molar-refractivity contribution in [1.29, 1.82) is 0 Å². The van der Waals surface area contributed by atoms with Crippen molar-refractivity contribution in [3.05, 3.63) is 41.3 Å². The van der Waals surface area contributed by atoms with Gasteiger partial charge in [0, 0.05) is 23.7 Å². The zero-order chi connectivity index (χ0) is 13.0. The molecule has 2 aromatic heterocycles. The first-order chi connectivity index (χ1) is 8.76. The summed E-state index contributed by atoms with van der Waals surface area (Å²) in [6, 6.07) is 1.93. The predicted octanol–water partition coefficient (Wildman–Crippen LogP) is 3.74. The molecule has 0 aliphatic carbocycles. The van der Waals surface area contributed by atoms with Gasteiger partial charge in [-0.15, -0.1) is 11.3 Å². The summed E-state index contributed by atoms with van der Waals surface area (Å²) >= 11 is 1.64. The van der Waals surface area contributed by atoms with Crippen molar-refractivity contribution in [3.63, 3.8) is 0 Å².